The van der Waals surface area contributed by atoms with E-state index < -0.39 is 0 Å². The van der Waals surface area contributed by atoms with E-state index in [0.717, 1.165) is 22.5 Å². The molecule has 3 rings (SSSR count). The van der Waals surface area contributed by atoms with Crippen LogP contribution in [0.3, 0.4) is 0 Å². The molecule has 21 heavy (non-hydrogen) atoms. The molecule has 0 bridgehead atoms. The predicted octanol–water partition coefficient (Wildman–Crippen LogP) is 2.25. The van der Waals surface area contributed by atoms with Gasteiger partial charge in [-0.2, -0.15) is 0 Å². The third-order valence-corrected chi connectivity index (χ3v) is 3.17. The second kappa shape index (κ2) is 4.90. The van der Waals surface area contributed by atoms with Crippen molar-refractivity contribution in [3.8, 4) is 11.1 Å². The van der Waals surface area contributed by atoms with Gasteiger partial charge in [0.25, 0.3) is 0 Å². The van der Waals surface area contributed by atoms with Gasteiger partial charge in [-0.15, -0.1) is 0 Å². The fourth-order valence-electron chi connectivity index (χ4n) is 2.28. The van der Waals surface area contributed by atoms with Gasteiger partial charge < -0.3 is 15.5 Å². The number of aryl methyl sites for hydroxylation is 1. The van der Waals surface area contributed by atoms with Gasteiger partial charge in [0.05, 0.1) is 6.20 Å². The number of nitrogens with zero attached hydrogens (tertiary/aromatic N) is 3. The zero-order valence-electron chi connectivity index (χ0n) is 11.8. The maximum Gasteiger partial charge on any atom is 0.222 e. The van der Waals surface area contributed by atoms with Crippen LogP contribution in [0.2, 0.25) is 0 Å². The first kappa shape index (κ1) is 13.1. The second-order valence-corrected chi connectivity index (χ2v) is 4.86. The molecule has 0 fully saturated rings. The van der Waals surface area contributed by atoms with Crippen LogP contribution in [0.25, 0.3) is 16.8 Å². The molecule has 3 heterocycles. The number of imidazole rings is 1. The number of nitrogens with one attached hydrogen (secondary N) is 1. The molecular weight excluding hydrogens is 266 g/mol. The Morgan fingerprint density at radius 3 is 2.71 bits per heavy atom. The Kier molecular flexibility index (Phi) is 3.06. The van der Waals surface area contributed by atoms with Gasteiger partial charge in [-0.25, -0.2) is 9.97 Å². The Bertz CT molecular complexity index is 837. The van der Waals surface area contributed by atoms with Crippen molar-refractivity contribution in [2.45, 2.75) is 13.8 Å². The number of aromatic nitrogens is 3. The quantitative estimate of drug-likeness (QED) is 0.754. The summed E-state index contributed by atoms with van der Waals surface area (Å²) in [6.07, 6.45) is 3.73. The Morgan fingerprint density at radius 1 is 1.19 bits per heavy atom. The van der Waals surface area contributed by atoms with Crippen molar-refractivity contribution in [2.75, 3.05) is 11.1 Å². The van der Waals surface area contributed by atoms with Gasteiger partial charge in [0.2, 0.25) is 5.91 Å². The van der Waals surface area contributed by atoms with Gasteiger partial charge in [0.1, 0.15) is 11.5 Å². The van der Waals surface area contributed by atoms with Crippen molar-refractivity contribution in [2.24, 2.45) is 0 Å². The van der Waals surface area contributed by atoms with Crippen LogP contribution in [-0.2, 0) is 4.79 Å². The minimum Gasteiger partial charge on any atom is -0.384 e. The molecule has 6 heteroatoms. The highest BCUT2D eigenvalue weighted by Gasteiger charge is 2.07. The minimum atomic E-state index is -0.141. The number of nitrogen functional groups attached to an aromatic ring is 1. The summed E-state index contributed by atoms with van der Waals surface area (Å²) in [5.74, 6) is 0.900. The molecule has 0 saturated heterocycles. The standard InChI is InChI=1S/C15H15N5O/c1-9-12(4-5-13(16)17-9)11-3-6-15-19-14(18-10(2)21)8-20(15)7-11/h3-8H,1-2H3,(H2,16,17)(H,18,21). The average Bonchev–Trinajstić information content (AvgIpc) is 2.78. The normalized spacial score (nSPS) is 10.8. The van der Waals surface area contributed by atoms with Crippen LogP contribution in [0, 0.1) is 6.92 Å². The first-order chi connectivity index (χ1) is 10.0. The lowest BCUT2D eigenvalue weighted by molar-refractivity contribution is -0.114. The van der Waals surface area contributed by atoms with E-state index in [4.69, 9.17) is 5.73 Å². The first-order valence-electron chi connectivity index (χ1n) is 6.53. The highest BCUT2D eigenvalue weighted by Crippen LogP contribution is 2.24. The van der Waals surface area contributed by atoms with Gasteiger partial charge in [0, 0.05) is 29.9 Å². The van der Waals surface area contributed by atoms with E-state index in [-0.39, 0.29) is 5.91 Å². The molecule has 0 aromatic carbocycles. The lowest BCUT2D eigenvalue weighted by Crippen LogP contribution is -2.05. The van der Waals surface area contributed by atoms with Crippen LogP contribution < -0.4 is 11.1 Å². The van der Waals surface area contributed by atoms with Crippen LogP contribution in [0.5, 0.6) is 0 Å². The minimum absolute atomic E-state index is 0.141. The number of rotatable bonds is 2. The van der Waals surface area contributed by atoms with Crippen molar-refractivity contribution in [1.82, 2.24) is 14.4 Å². The molecule has 6 nitrogen and oxygen atoms in total. The largest absolute Gasteiger partial charge is 0.384 e. The zero-order valence-corrected chi connectivity index (χ0v) is 11.8. The number of anilines is 2. The highest BCUT2D eigenvalue weighted by atomic mass is 16.1. The first-order valence-corrected chi connectivity index (χ1v) is 6.53. The molecule has 0 saturated carbocycles. The molecule has 0 spiro atoms. The fraction of sp³-hybridized carbons (Fsp3) is 0.133. The molecule has 106 valence electrons. The molecule has 0 radical (unpaired) electrons. The molecular formula is C15H15N5O. The van der Waals surface area contributed by atoms with Crippen molar-refractivity contribution >= 4 is 23.2 Å². The third-order valence-electron chi connectivity index (χ3n) is 3.17. The van der Waals surface area contributed by atoms with Crippen LogP contribution in [0.1, 0.15) is 12.6 Å². The van der Waals surface area contributed by atoms with Crippen molar-refractivity contribution in [3.63, 3.8) is 0 Å². The molecule has 0 unspecified atom stereocenters. The lowest BCUT2D eigenvalue weighted by atomic mass is 10.1. The highest BCUT2D eigenvalue weighted by molar-refractivity contribution is 5.87. The van der Waals surface area contributed by atoms with Gasteiger partial charge in [-0.05, 0) is 31.2 Å². The van der Waals surface area contributed by atoms with E-state index in [2.05, 4.69) is 15.3 Å². The average molecular weight is 281 g/mol. The summed E-state index contributed by atoms with van der Waals surface area (Å²) in [6.45, 7) is 3.38. The molecule has 1 amide bonds. The van der Waals surface area contributed by atoms with Gasteiger partial charge in [-0.1, -0.05) is 0 Å². The van der Waals surface area contributed by atoms with Crippen LogP contribution in [-0.4, -0.2) is 20.3 Å². The Hall–Kier alpha value is -2.89. The number of pyridine rings is 2. The van der Waals surface area contributed by atoms with Crippen LogP contribution in [0.4, 0.5) is 11.6 Å². The maximum atomic E-state index is 11.1. The summed E-state index contributed by atoms with van der Waals surface area (Å²) >= 11 is 0. The summed E-state index contributed by atoms with van der Waals surface area (Å²) in [4.78, 5) is 19.7. The van der Waals surface area contributed by atoms with Crippen LogP contribution in [0.15, 0.2) is 36.7 Å². The molecule has 0 aliphatic heterocycles. The number of carbonyl (C=O) groups excluding carboxylic acids is 1. The number of carbonyl (C=O) groups is 1. The maximum absolute atomic E-state index is 11.1. The summed E-state index contributed by atoms with van der Waals surface area (Å²) in [5, 5.41) is 2.67. The number of nitrogens with two attached hydrogens (primary N) is 1. The number of hydrogen-bond acceptors (Lipinski definition) is 4. The van der Waals surface area contributed by atoms with Crippen molar-refractivity contribution in [3.05, 3.63) is 42.4 Å². The third kappa shape index (κ3) is 2.55. The van der Waals surface area contributed by atoms with Crippen molar-refractivity contribution < 1.29 is 4.79 Å². The molecule has 0 aliphatic carbocycles. The number of fused-ring (bicyclic) bond motifs is 1. The SMILES string of the molecule is CC(=O)Nc1cn2cc(-c3ccc(N)nc3C)ccc2n1. The molecule has 3 aromatic heterocycles. The van der Waals surface area contributed by atoms with E-state index in [9.17, 15) is 4.79 Å². The number of hydrogen-bond donors (Lipinski definition) is 2. The van der Waals surface area contributed by atoms with Crippen molar-refractivity contribution in [1.29, 1.82) is 0 Å². The predicted molar refractivity (Wildman–Crippen MR) is 81.9 cm³/mol. The van der Waals surface area contributed by atoms with Gasteiger partial charge in [0.15, 0.2) is 5.82 Å². The van der Waals surface area contributed by atoms with E-state index in [1.165, 1.54) is 6.92 Å². The lowest BCUT2D eigenvalue weighted by Gasteiger charge is -2.06. The second-order valence-electron chi connectivity index (χ2n) is 4.86. The molecule has 3 N–H and O–H groups in total. The van der Waals surface area contributed by atoms with E-state index >= 15 is 0 Å². The smallest absolute Gasteiger partial charge is 0.222 e. The molecule has 3 aromatic rings. The summed E-state index contributed by atoms with van der Waals surface area (Å²) in [7, 11) is 0. The van der Waals surface area contributed by atoms with Gasteiger partial charge >= 0.3 is 0 Å². The molecule has 0 atom stereocenters. The Morgan fingerprint density at radius 2 is 2.00 bits per heavy atom. The number of amides is 1. The molecule has 0 aliphatic rings. The summed E-state index contributed by atoms with van der Waals surface area (Å²) in [6, 6.07) is 7.60. The van der Waals surface area contributed by atoms with Crippen LogP contribution >= 0.6 is 0 Å². The van der Waals surface area contributed by atoms with E-state index in [1.807, 2.05) is 35.7 Å². The van der Waals surface area contributed by atoms with E-state index in [1.54, 1.807) is 12.3 Å². The fourth-order valence-corrected chi connectivity index (χ4v) is 2.28. The topological polar surface area (TPSA) is 85.3 Å². The zero-order chi connectivity index (χ0) is 15.0. The monoisotopic (exact) mass is 281 g/mol. The Labute approximate surface area is 121 Å². The summed E-state index contributed by atoms with van der Waals surface area (Å²) < 4.78 is 1.87. The summed E-state index contributed by atoms with van der Waals surface area (Å²) in [5.41, 5.74) is 9.35. The van der Waals surface area contributed by atoms with E-state index in [0.29, 0.717) is 11.6 Å². The van der Waals surface area contributed by atoms with Gasteiger partial charge in [-0.3, -0.25) is 4.79 Å². The Balaban J connectivity index is 2.06.